The van der Waals surface area contributed by atoms with Crippen LogP contribution in [0.15, 0.2) is 0 Å². The summed E-state index contributed by atoms with van der Waals surface area (Å²) in [6.07, 6.45) is 4.09. The molecule has 0 aromatic rings. The molecule has 0 aromatic heterocycles. The van der Waals surface area contributed by atoms with Gasteiger partial charge in [0.1, 0.15) is 0 Å². The zero-order valence-electron chi connectivity index (χ0n) is 9.44. The van der Waals surface area contributed by atoms with Gasteiger partial charge in [-0.3, -0.25) is 4.18 Å². The van der Waals surface area contributed by atoms with E-state index in [1.54, 1.807) is 7.11 Å². The maximum atomic E-state index is 11.4. The van der Waals surface area contributed by atoms with Gasteiger partial charge in [0.05, 0.1) is 18.0 Å². The summed E-state index contributed by atoms with van der Waals surface area (Å²) in [7, 11) is -1.60. The molecule has 1 fully saturated rings. The fourth-order valence-electron chi connectivity index (χ4n) is 1.87. The summed E-state index contributed by atoms with van der Waals surface area (Å²) < 4.78 is 33.1. The molecule has 0 aromatic carbocycles. The third kappa shape index (κ3) is 4.49. The zero-order valence-corrected chi connectivity index (χ0v) is 10.3. The molecule has 1 aliphatic carbocycles. The van der Waals surface area contributed by atoms with Crippen LogP contribution in [0.5, 0.6) is 0 Å². The van der Waals surface area contributed by atoms with E-state index in [-0.39, 0.29) is 18.0 Å². The van der Waals surface area contributed by atoms with Gasteiger partial charge in [-0.05, 0) is 32.1 Å². The van der Waals surface area contributed by atoms with Crippen LogP contribution in [-0.2, 0) is 19.0 Å². The van der Waals surface area contributed by atoms with Crippen LogP contribution in [0.25, 0.3) is 0 Å². The monoisotopic (exact) mass is 236 g/mol. The van der Waals surface area contributed by atoms with E-state index in [0.717, 1.165) is 25.7 Å². The van der Waals surface area contributed by atoms with Crippen molar-refractivity contribution in [2.75, 3.05) is 12.9 Å². The molecule has 0 spiro atoms. The van der Waals surface area contributed by atoms with Gasteiger partial charge in [0.15, 0.2) is 0 Å². The summed E-state index contributed by atoms with van der Waals surface area (Å²) in [5.41, 5.74) is 0. The van der Waals surface area contributed by atoms with Gasteiger partial charge in [-0.2, -0.15) is 8.42 Å². The number of ether oxygens (including phenoxy) is 1. The van der Waals surface area contributed by atoms with E-state index < -0.39 is 10.1 Å². The van der Waals surface area contributed by atoms with Crippen LogP contribution in [-0.4, -0.2) is 33.5 Å². The maximum absolute atomic E-state index is 11.4. The predicted octanol–water partition coefficient (Wildman–Crippen LogP) is 1.70. The van der Waals surface area contributed by atoms with Crippen molar-refractivity contribution >= 4 is 10.1 Å². The molecule has 90 valence electrons. The first-order valence-corrected chi connectivity index (χ1v) is 7.09. The summed E-state index contributed by atoms with van der Waals surface area (Å²) >= 11 is 0. The molecule has 0 bridgehead atoms. The second kappa shape index (κ2) is 5.82. The largest absolute Gasteiger partial charge is 0.381 e. The molecule has 0 atom stereocenters. The van der Waals surface area contributed by atoms with Crippen LogP contribution in [0.2, 0.25) is 0 Å². The summed E-state index contributed by atoms with van der Waals surface area (Å²) in [5, 5.41) is 0. The van der Waals surface area contributed by atoms with Crippen LogP contribution < -0.4 is 0 Å². The highest BCUT2D eigenvalue weighted by Gasteiger charge is 2.25. The quantitative estimate of drug-likeness (QED) is 0.682. The van der Waals surface area contributed by atoms with Gasteiger partial charge in [-0.15, -0.1) is 0 Å². The minimum atomic E-state index is -3.30. The van der Waals surface area contributed by atoms with Gasteiger partial charge in [0.25, 0.3) is 10.1 Å². The Morgan fingerprint density at radius 2 is 1.67 bits per heavy atom. The molecular weight excluding hydrogens is 216 g/mol. The molecule has 0 heterocycles. The highest BCUT2D eigenvalue weighted by atomic mass is 32.2. The zero-order chi connectivity index (χ0) is 11.3. The Morgan fingerprint density at radius 1 is 1.13 bits per heavy atom. The fraction of sp³-hybridized carbons (Fsp3) is 1.00. The van der Waals surface area contributed by atoms with Crippen LogP contribution in [0.4, 0.5) is 0 Å². The summed E-state index contributed by atoms with van der Waals surface area (Å²) in [6, 6.07) is 0. The maximum Gasteiger partial charge on any atom is 0.267 e. The van der Waals surface area contributed by atoms with E-state index in [1.807, 2.05) is 6.92 Å². The Kier molecular flexibility index (Phi) is 5.02. The Bertz CT molecular complexity index is 265. The molecule has 0 aliphatic heterocycles. The lowest BCUT2D eigenvalue weighted by Gasteiger charge is -2.26. The molecule has 1 aliphatic rings. The van der Waals surface area contributed by atoms with E-state index >= 15 is 0 Å². The van der Waals surface area contributed by atoms with Crippen molar-refractivity contribution in [1.29, 1.82) is 0 Å². The molecule has 0 radical (unpaired) electrons. The smallest absolute Gasteiger partial charge is 0.267 e. The average Bonchev–Trinajstić information content (AvgIpc) is 2.18. The standard InChI is InChI=1S/C10H20O4S/c1-3-8-15(11,12)14-10-6-4-9(13-2)5-7-10/h9-10H,3-8H2,1-2H3. The number of methoxy groups -OCH3 is 1. The van der Waals surface area contributed by atoms with Crippen molar-refractivity contribution < 1.29 is 17.3 Å². The van der Waals surface area contributed by atoms with E-state index in [1.165, 1.54) is 0 Å². The number of rotatable bonds is 5. The van der Waals surface area contributed by atoms with Crippen LogP contribution in [0.3, 0.4) is 0 Å². The van der Waals surface area contributed by atoms with Crippen LogP contribution >= 0.6 is 0 Å². The normalized spacial score (nSPS) is 27.9. The molecule has 0 unspecified atom stereocenters. The highest BCUT2D eigenvalue weighted by Crippen LogP contribution is 2.24. The summed E-state index contributed by atoms with van der Waals surface area (Å²) in [6.45, 7) is 1.84. The lowest BCUT2D eigenvalue weighted by molar-refractivity contribution is 0.0346. The van der Waals surface area contributed by atoms with Gasteiger partial charge in [0, 0.05) is 7.11 Å². The number of hydrogen-bond donors (Lipinski definition) is 0. The van der Waals surface area contributed by atoms with Crippen molar-refractivity contribution in [1.82, 2.24) is 0 Å². The van der Waals surface area contributed by atoms with Gasteiger partial charge in [-0.25, -0.2) is 0 Å². The van der Waals surface area contributed by atoms with Gasteiger partial charge < -0.3 is 4.74 Å². The van der Waals surface area contributed by atoms with Gasteiger partial charge in [-0.1, -0.05) is 6.92 Å². The van der Waals surface area contributed by atoms with Crippen molar-refractivity contribution in [2.45, 2.75) is 51.2 Å². The Morgan fingerprint density at radius 3 is 2.13 bits per heavy atom. The van der Waals surface area contributed by atoms with E-state index in [0.29, 0.717) is 6.42 Å². The molecule has 0 saturated heterocycles. The van der Waals surface area contributed by atoms with Gasteiger partial charge in [0.2, 0.25) is 0 Å². The van der Waals surface area contributed by atoms with Crippen molar-refractivity contribution in [3.63, 3.8) is 0 Å². The predicted molar refractivity (Wildman–Crippen MR) is 58.2 cm³/mol. The Hall–Kier alpha value is -0.130. The molecule has 0 amide bonds. The fourth-order valence-corrected chi connectivity index (χ4v) is 3.07. The lowest BCUT2D eigenvalue weighted by atomic mass is 9.95. The Labute approximate surface area is 92.1 Å². The van der Waals surface area contributed by atoms with Crippen molar-refractivity contribution in [3.8, 4) is 0 Å². The van der Waals surface area contributed by atoms with Gasteiger partial charge >= 0.3 is 0 Å². The van der Waals surface area contributed by atoms with Crippen LogP contribution in [0.1, 0.15) is 39.0 Å². The number of hydrogen-bond acceptors (Lipinski definition) is 4. The van der Waals surface area contributed by atoms with Crippen molar-refractivity contribution in [3.05, 3.63) is 0 Å². The first-order valence-electron chi connectivity index (χ1n) is 5.51. The molecule has 1 rings (SSSR count). The highest BCUT2D eigenvalue weighted by molar-refractivity contribution is 7.86. The van der Waals surface area contributed by atoms with E-state index in [9.17, 15) is 8.42 Å². The second-order valence-electron chi connectivity index (χ2n) is 3.99. The first-order chi connectivity index (χ1) is 7.07. The third-order valence-corrected chi connectivity index (χ3v) is 4.17. The minimum absolute atomic E-state index is 0.122. The van der Waals surface area contributed by atoms with Crippen LogP contribution in [0, 0.1) is 0 Å². The van der Waals surface area contributed by atoms with Crippen molar-refractivity contribution in [2.24, 2.45) is 0 Å². The Balaban J connectivity index is 2.35. The third-order valence-electron chi connectivity index (χ3n) is 2.69. The SMILES string of the molecule is CCCS(=O)(=O)OC1CCC(OC)CC1. The first kappa shape index (κ1) is 12.9. The second-order valence-corrected chi connectivity index (χ2v) is 5.71. The van der Waals surface area contributed by atoms with E-state index in [4.69, 9.17) is 8.92 Å². The molecule has 15 heavy (non-hydrogen) atoms. The summed E-state index contributed by atoms with van der Waals surface area (Å²) in [4.78, 5) is 0. The molecule has 0 N–H and O–H groups in total. The summed E-state index contributed by atoms with van der Waals surface area (Å²) in [5.74, 6) is 0.122. The molecule has 1 saturated carbocycles. The average molecular weight is 236 g/mol. The molecular formula is C10H20O4S. The molecule has 4 nitrogen and oxygen atoms in total. The minimum Gasteiger partial charge on any atom is -0.381 e. The lowest BCUT2D eigenvalue weighted by Crippen LogP contribution is -2.28. The molecule has 5 heteroatoms. The topological polar surface area (TPSA) is 52.6 Å². The van der Waals surface area contributed by atoms with E-state index in [2.05, 4.69) is 0 Å².